The first kappa shape index (κ1) is 53.7. The van der Waals surface area contributed by atoms with E-state index in [1.165, 1.54) is 10.9 Å². The Balaban J connectivity index is 0.752. The van der Waals surface area contributed by atoms with Crippen molar-refractivity contribution in [3.05, 3.63) is 41.5 Å². The van der Waals surface area contributed by atoms with Crippen molar-refractivity contribution in [2.45, 2.75) is 61.9 Å². The van der Waals surface area contributed by atoms with Crippen LogP contribution in [0.2, 0.25) is 0 Å². The number of nitrogens with zero attached hydrogens (tertiary/aromatic N) is 8. The summed E-state index contributed by atoms with van der Waals surface area (Å²) in [6, 6.07) is 0. The third kappa shape index (κ3) is 13.2. The highest BCUT2D eigenvalue weighted by Gasteiger charge is 2.54. The van der Waals surface area contributed by atoms with Gasteiger partial charge in [-0.1, -0.05) is 0 Å². The van der Waals surface area contributed by atoms with E-state index in [-0.39, 0.29) is 119 Å². The number of nitrogens with two attached hydrogens (primary N) is 1. The molecule has 0 radical (unpaired) electrons. The number of hydrogen-bond donors (Lipinski definition) is 8. The van der Waals surface area contributed by atoms with E-state index in [0.29, 0.717) is 0 Å². The van der Waals surface area contributed by atoms with E-state index < -0.39 is 101 Å². The predicted octanol–water partition coefficient (Wildman–Crippen LogP) is -3.10. The lowest BCUT2D eigenvalue weighted by Gasteiger charge is -2.27. The minimum absolute atomic E-state index is 0.00196. The summed E-state index contributed by atoms with van der Waals surface area (Å²) in [5.74, 6) is -2.02. The van der Waals surface area contributed by atoms with Gasteiger partial charge >= 0.3 is 15.6 Å². The smallest absolute Gasteiger partial charge is 0.386 e. The van der Waals surface area contributed by atoms with Crippen LogP contribution in [0.1, 0.15) is 25.3 Å². The van der Waals surface area contributed by atoms with Crippen LogP contribution in [0.5, 0.6) is 0 Å². The second-order valence-electron chi connectivity index (χ2n) is 16.1. The number of ether oxygens (including phenoxy) is 6. The fourth-order valence-corrected chi connectivity index (χ4v) is 9.66. The number of H-pyrrole nitrogens is 1. The number of aliphatic hydroxyl groups excluding tert-OH is 2. The summed E-state index contributed by atoms with van der Waals surface area (Å²) in [4.78, 5) is 106. The van der Waals surface area contributed by atoms with Gasteiger partial charge < -0.3 is 64.8 Å². The Morgan fingerprint density at radius 2 is 1.26 bits per heavy atom. The number of carbonyl (C=O) groups excluding carboxylic acids is 4. The number of aliphatic hydroxyl groups is 2. The van der Waals surface area contributed by atoms with Crippen LogP contribution in [0.4, 0.5) is 11.8 Å². The van der Waals surface area contributed by atoms with Gasteiger partial charge in [0.2, 0.25) is 17.8 Å². The minimum atomic E-state index is -5.17. The highest BCUT2D eigenvalue weighted by atomic mass is 31.2. The summed E-state index contributed by atoms with van der Waals surface area (Å²) in [6.45, 7) is 0.248. The molecule has 4 aromatic heterocycles. The van der Waals surface area contributed by atoms with E-state index in [1.807, 2.05) is 0 Å². The first-order valence-corrected chi connectivity index (χ1v) is 25.3. The number of anilines is 2. The summed E-state index contributed by atoms with van der Waals surface area (Å²) in [5, 5.41) is 28.0. The number of hydrogen-bond acceptors (Lipinski definition) is 25. The lowest BCUT2D eigenvalue weighted by atomic mass is 10.1. The monoisotopic (exact) mass is 1070 g/mol. The van der Waals surface area contributed by atoms with E-state index in [9.17, 15) is 53.1 Å². The van der Waals surface area contributed by atoms with Crippen LogP contribution < -0.4 is 21.9 Å². The highest BCUT2D eigenvalue weighted by molar-refractivity contribution is 7.47. The molecule has 0 aliphatic carbocycles. The Labute approximate surface area is 410 Å². The second kappa shape index (κ2) is 23.7. The summed E-state index contributed by atoms with van der Waals surface area (Å²) in [5.41, 5.74) is 4.71. The fourth-order valence-electron chi connectivity index (χ4n) is 7.73. The average molecular weight is 1070 g/mol. The first-order chi connectivity index (χ1) is 35.0. The number of carbonyl (C=O) groups is 4. The zero-order chi connectivity index (χ0) is 51.9. The predicted molar refractivity (Wildman–Crippen MR) is 239 cm³/mol. The molecular weight excluding hydrogens is 1020 g/mol. The molecule has 0 saturated carbocycles. The van der Waals surface area contributed by atoms with Gasteiger partial charge in [0.1, 0.15) is 43.0 Å². The van der Waals surface area contributed by atoms with Gasteiger partial charge in [-0.2, -0.15) is 4.98 Å². The maximum absolute atomic E-state index is 13.4. The number of aromatic nitrogens is 8. The Morgan fingerprint density at radius 1 is 0.726 bits per heavy atom. The molecule has 10 atom stereocenters. The number of nitrogen functional groups attached to an aromatic ring is 1. The molecule has 4 amide bonds. The molecule has 9 N–H and O–H groups in total. The molecule has 73 heavy (non-hydrogen) atoms. The molecule has 0 aromatic carbocycles. The fraction of sp³-hybridized carbons (Fsp3) is 0.579. The topological polar surface area (TPSA) is 436 Å². The maximum atomic E-state index is 13.4. The van der Waals surface area contributed by atoms with Crippen LogP contribution in [0.15, 0.2) is 35.9 Å². The summed E-state index contributed by atoms with van der Waals surface area (Å²) in [7, 11) is -10.3. The van der Waals surface area contributed by atoms with E-state index in [0.717, 1.165) is 34.3 Å². The van der Waals surface area contributed by atoms with Gasteiger partial charge in [-0.3, -0.25) is 61.1 Å². The van der Waals surface area contributed by atoms with Crippen LogP contribution in [0.3, 0.4) is 0 Å². The Morgan fingerprint density at radius 3 is 1.85 bits per heavy atom. The molecule has 8 heterocycles. The normalized spacial score (nSPS) is 28.6. The number of nitrogens with one attached hydrogen (secondary N) is 3. The van der Waals surface area contributed by atoms with Crippen molar-refractivity contribution in [2.24, 2.45) is 0 Å². The van der Waals surface area contributed by atoms with Gasteiger partial charge in [-0.25, -0.2) is 29.1 Å². The maximum Gasteiger partial charge on any atom is 0.472 e. The Hall–Kier alpha value is -5.58. The molecule has 10 unspecified atom stereocenters. The molecule has 35 heteroatoms. The third-order valence-electron chi connectivity index (χ3n) is 11.2. The number of phosphoric acid groups is 2. The van der Waals surface area contributed by atoms with Crippen molar-refractivity contribution in [1.29, 1.82) is 0 Å². The number of rotatable bonds is 21. The molecule has 0 spiro atoms. The Bertz CT molecular complexity index is 2810. The van der Waals surface area contributed by atoms with Gasteiger partial charge in [-0.05, 0) is 0 Å². The van der Waals surface area contributed by atoms with Crippen molar-refractivity contribution < 1.29 is 94.8 Å². The summed E-state index contributed by atoms with van der Waals surface area (Å²) < 4.78 is 83.7. The van der Waals surface area contributed by atoms with Gasteiger partial charge in [0.25, 0.3) is 17.4 Å². The van der Waals surface area contributed by atoms with E-state index in [1.54, 1.807) is 0 Å². The number of aromatic amines is 1. The van der Waals surface area contributed by atoms with Crippen LogP contribution in [0.25, 0.3) is 22.3 Å². The summed E-state index contributed by atoms with van der Waals surface area (Å²) >= 11 is 0. The second-order valence-corrected chi connectivity index (χ2v) is 18.9. The zero-order valence-electron chi connectivity index (χ0n) is 38.2. The van der Waals surface area contributed by atoms with Crippen LogP contribution in [-0.4, -0.2) is 203 Å². The molecule has 0 bridgehead atoms. The quantitative estimate of drug-likeness (QED) is 0.0233. The van der Waals surface area contributed by atoms with Crippen LogP contribution in [-0.2, 0) is 74.8 Å². The van der Waals surface area contributed by atoms with E-state index >= 15 is 0 Å². The molecule has 33 nitrogen and oxygen atoms in total. The van der Waals surface area contributed by atoms with Gasteiger partial charge in [0.05, 0.1) is 85.1 Å². The van der Waals surface area contributed by atoms with Gasteiger partial charge in [0, 0.05) is 31.7 Å². The number of amides is 4. The molecule has 3 saturated heterocycles. The van der Waals surface area contributed by atoms with Crippen molar-refractivity contribution in [3.8, 4) is 0 Å². The van der Waals surface area contributed by atoms with E-state index in [4.69, 9.17) is 52.2 Å². The van der Waals surface area contributed by atoms with Crippen molar-refractivity contribution in [1.82, 2.24) is 49.3 Å². The lowest BCUT2D eigenvalue weighted by Crippen LogP contribution is -2.39. The number of imidazole rings is 2. The largest absolute Gasteiger partial charge is 0.472 e. The third-order valence-corrected chi connectivity index (χ3v) is 13.1. The molecule has 8 rings (SSSR count). The lowest BCUT2D eigenvalue weighted by molar-refractivity contribution is -0.137. The highest BCUT2D eigenvalue weighted by Crippen LogP contribution is 2.53. The van der Waals surface area contributed by atoms with Crippen molar-refractivity contribution in [2.75, 3.05) is 90.2 Å². The molecule has 3 fully saturated rings. The standard InChI is InChI=1S/C38H50N12O21P2/c39-38-46-34-27(35(57)47-38)44-19-50(34)37-29(56)31-21(69-37)16-67-72(58,59)70-30-20(15-66-73(60,61)71-31)68-36(28(30)55)49-18-43-26-32(41-17-42-33(26)49)45-23(52)4-7-62-9-11-64-13-14-65-12-10-63-8-5-40-22(51)3-6-48-24(53)1-2-25(48)54/h1-2,17-21,28-31,36-37,55-56H,3-16H2,(H,40,51)(H,58,59)(H,60,61)(H3,39,46,47,57)(H,41,42,45,52). The molecule has 398 valence electrons. The SMILES string of the molecule is Nc1nc2c(ncn2C2OC3COP(=O)(O)OC4C(COP(=O)(O)OC3C2O)OC(n2cnc3c(NC(=O)CCOCCOCCOCCOCCNC(=O)CCN5C(=O)C=CC5=O)ncnc32)C4O)c(=O)[nH]1. The summed E-state index contributed by atoms with van der Waals surface area (Å²) in [6.07, 6.45) is -7.73. The van der Waals surface area contributed by atoms with Crippen molar-refractivity contribution in [3.63, 3.8) is 0 Å². The van der Waals surface area contributed by atoms with Gasteiger partial charge in [-0.15, -0.1) is 0 Å². The van der Waals surface area contributed by atoms with Crippen LogP contribution >= 0.6 is 15.6 Å². The van der Waals surface area contributed by atoms with E-state index in [2.05, 4.69) is 40.5 Å². The van der Waals surface area contributed by atoms with Crippen molar-refractivity contribution >= 4 is 73.4 Å². The zero-order valence-corrected chi connectivity index (χ0v) is 40.0. The average Bonchev–Trinajstić information content (AvgIpc) is 4.16. The Kier molecular flexibility index (Phi) is 17.5. The molecule has 4 aliphatic heterocycles. The first-order valence-electron chi connectivity index (χ1n) is 22.3. The van der Waals surface area contributed by atoms with Crippen LogP contribution in [0, 0.1) is 0 Å². The molecular formula is C38H50N12O21P2. The molecule has 4 aliphatic rings. The number of phosphoric ester groups is 2. The minimum Gasteiger partial charge on any atom is -0.386 e. The van der Waals surface area contributed by atoms with Gasteiger partial charge in [0.15, 0.2) is 40.6 Å². The molecule has 4 aromatic rings. The number of imide groups is 1. The number of fused-ring (bicyclic) bond motifs is 4.